The van der Waals surface area contributed by atoms with E-state index in [1.165, 1.54) is 0 Å². The smallest absolute Gasteiger partial charge is 0.130 e. The number of nitrogens with zero attached hydrogens (tertiary/aromatic N) is 2. The van der Waals surface area contributed by atoms with Crippen molar-refractivity contribution in [2.75, 3.05) is 6.54 Å². The fourth-order valence-electron chi connectivity index (χ4n) is 1.50. The summed E-state index contributed by atoms with van der Waals surface area (Å²) in [6.07, 6.45) is 2.92. The Morgan fingerprint density at radius 3 is 2.53 bits per heavy atom. The van der Waals surface area contributed by atoms with E-state index in [2.05, 4.69) is 36.8 Å². The zero-order valence-corrected chi connectivity index (χ0v) is 9.95. The van der Waals surface area contributed by atoms with Gasteiger partial charge in [0.05, 0.1) is 0 Å². The Labute approximate surface area is 92.1 Å². The first kappa shape index (κ1) is 12.1. The van der Waals surface area contributed by atoms with Crippen LogP contribution in [-0.4, -0.2) is 16.5 Å². The maximum absolute atomic E-state index is 5.53. The predicted molar refractivity (Wildman–Crippen MR) is 62.9 cm³/mol. The molecule has 0 radical (unpaired) electrons. The Balaban J connectivity index is 2.97. The van der Waals surface area contributed by atoms with Gasteiger partial charge in [-0.05, 0) is 24.9 Å². The molecule has 3 heteroatoms. The number of hydrogen-bond acceptors (Lipinski definition) is 3. The van der Waals surface area contributed by atoms with Gasteiger partial charge in [-0.15, -0.1) is 0 Å². The largest absolute Gasteiger partial charge is 0.330 e. The van der Waals surface area contributed by atoms with E-state index in [0.717, 1.165) is 36.5 Å². The SMILES string of the molecule is CCCc1cc(C(C)C)nc(CCN)n1. The predicted octanol–water partition coefficient (Wildman–Crippen LogP) is 2.05. The molecule has 0 saturated heterocycles. The molecule has 0 spiro atoms. The van der Waals surface area contributed by atoms with Crippen LogP contribution in [0.2, 0.25) is 0 Å². The Bertz CT molecular complexity index is 283. The van der Waals surface area contributed by atoms with Crippen LogP contribution in [0.1, 0.15) is 50.3 Å². The van der Waals surface area contributed by atoms with Gasteiger partial charge in [0.1, 0.15) is 5.82 Å². The van der Waals surface area contributed by atoms with Crippen LogP contribution in [-0.2, 0) is 12.8 Å². The molecule has 1 rings (SSSR count). The number of nitrogens with two attached hydrogens (primary N) is 1. The van der Waals surface area contributed by atoms with Crippen LogP contribution in [0.5, 0.6) is 0 Å². The first-order valence-corrected chi connectivity index (χ1v) is 5.74. The molecular weight excluding hydrogens is 186 g/mol. The Morgan fingerprint density at radius 1 is 1.27 bits per heavy atom. The van der Waals surface area contributed by atoms with E-state index in [1.807, 2.05) is 0 Å². The summed E-state index contributed by atoms with van der Waals surface area (Å²) in [6.45, 7) is 7.10. The quantitative estimate of drug-likeness (QED) is 0.804. The minimum Gasteiger partial charge on any atom is -0.330 e. The standard InChI is InChI=1S/C12H21N3/c1-4-5-10-8-11(9(2)3)15-12(14-10)6-7-13/h8-9H,4-7,13H2,1-3H3. The van der Waals surface area contributed by atoms with Crippen molar-refractivity contribution in [1.82, 2.24) is 9.97 Å². The summed E-state index contributed by atoms with van der Waals surface area (Å²) in [5.74, 6) is 1.35. The third-order valence-corrected chi connectivity index (χ3v) is 2.31. The maximum atomic E-state index is 5.53. The lowest BCUT2D eigenvalue weighted by molar-refractivity contribution is 0.747. The second-order valence-electron chi connectivity index (χ2n) is 4.14. The van der Waals surface area contributed by atoms with Crippen molar-refractivity contribution in [3.05, 3.63) is 23.3 Å². The number of rotatable bonds is 5. The fourth-order valence-corrected chi connectivity index (χ4v) is 1.50. The van der Waals surface area contributed by atoms with E-state index >= 15 is 0 Å². The molecule has 2 N–H and O–H groups in total. The van der Waals surface area contributed by atoms with Crippen LogP contribution in [0.15, 0.2) is 6.07 Å². The van der Waals surface area contributed by atoms with Gasteiger partial charge >= 0.3 is 0 Å². The number of hydrogen-bond donors (Lipinski definition) is 1. The lowest BCUT2D eigenvalue weighted by atomic mass is 10.1. The summed E-state index contributed by atoms with van der Waals surface area (Å²) in [7, 11) is 0. The van der Waals surface area contributed by atoms with E-state index in [0.29, 0.717) is 12.5 Å². The first-order valence-electron chi connectivity index (χ1n) is 5.74. The van der Waals surface area contributed by atoms with Gasteiger partial charge in [0, 0.05) is 17.8 Å². The van der Waals surface area contributed by atoms with Gasteiger partial charge in [0.15, 0.2) is 0 Å². The minimum atomic E-state index is 0.458. The fraction of sp³-hybridized carbons (Fsp3) is 0.667. The molecule has 1 aromatic heterocycles. The highest BCUT2D eigenvalue weighted by molar-refractivity contribution is 5.14. The molecule has 0 saturated carbocycles. The van der Waals surface area contributed by atoms with E-state index in [4.69, 9.17) is 5.73 Å². The van der Waals surface area contributed by atoms with Crippen molar-refractivity contribution in [1.29, 1.82) is 0 Å². The van der Waals surface area contributed by atoms with Crippen LogP contribution in [0.25, 0.3) is 0 Å². The van der Waals surface area contributed by atoms with Crippen LogP contribution in [0.4, 0.5) is 0 Å². The zero-order chi connectivity index (χ0) is 11.3. The van der Waals surface area contributed by atoms with Gasteiger partial charge in [-0.2, -0.15) is 0 Å². The molecule has 0 unspecified atom stereocenters. The van der Waals surface area contributed by atoms with Gasteiger partial charge in [0.25, 0.3) is 0 Å². The third kappa shape index (κ3) is 3.59. The highest BCUT2D eigenvalue weighted by Gasteiger charge is 2.06. The molecule has 84 valence electrons. The van der Waals surface area contributed by atoms with Crippen molar-refractivity contribution in [2.24, 2.45) is 5.73 Å². The number of aromatic nitrogens is 2. The lowest BCUT2D eigenvalue weighted by Crippen LogP contribution is -2.10. The normalized spacial score (nSPS) is 11.0. The van der Waals surface area contributed by atoms with Gasteiger partial charge in [-0.1, -0.05) is 27.2 Å². The molecular formula is C12H21N3. The van der Waals surface area contributed by atoms with Crippen LogP contribution < -0.4 is 5.73 Å². The van der Waals surface area contributed by atoms with Crippen molar-refractivity contribution >= 4 is 0 Å². The highest BCUT2D eigenvalue weighted by Crippen LogP contribution is 2.13. The van der Waals surface area contributed by atoms with Crippen molar-refractivity contribution in [2.45, 2.75) is 46.0 Å². The monoisotopic (exact) mass is 207 g/mol. The minimum absolute atomic E-state index is 0.458. The van der Waals surface area contributed by atoms with Gasteiger partial charge in [-0.25, -0.2) is 9.97 Å². The molecule has 0 bridgehead atoms. The molecule has 0 amide bonds. The Morgan fingerprint density at radius 2 is 2.00 bits per heavy atom. The van der Waals surface area contributed by atoms with Gasteiger partial charge in [0.2, 0.25) is 0 Å². The molecule has 1 heterocycles. The molecule has 1 aromatic rings. The zero-order valence-electron chi connectivity index (χ0n) is 9.95. The van der Waals surface area contributed by atoms with Crippen molar-refractivity contribution < 1.29 is 0 Å². The van der Waals surface area contributed by atoms with Crippen LogP contribution >= 0.6 is 0 Å². The lowest BCUT2D eigenvalue weighted by Gasteiger charge is -2.09. The molecule has 0 fully saturated rings. The van der Waals surface area contributed by atoms with Crippen molar-refractivity contribution in [3.63, 3.8) is 0 Å². The summed E-state index contributed by atoms with van der Waals surface area (Å²) in [5, 5.41) is 0. The van der Waals surface area contributed by atoms with E-state index < -0.39 is 0 Å². The molecule has 0 atom stereocenters. The average Bonchev–Trinajstić information content (AvgIpc) is 2.18. The summed E-state index contributed by atoms with van der Waals surface area (Å²) in [5.41, 5.74) is 7.82. The molecule has 0 aliphatic rings. The topological polar surface area (TPSA) is 51.8 Å². The first-order chi connectivity index (χ1) is 7.17. The van der Waals surface area contributed by atoms with Crippen LogP contribution in [0, 0.1) is 0 Å². The van der Waals surface area contributed by atoms with Gasteiger partial charge < -0.3 is 5.73 Å². The van der Waals surface area contributed by atoms with Crippen LogP contribution in [0.3, 0.4) is 0 Å². The number of aryl methyl sites for hydroxylation is 1. The molecule has 15 heavy (non-hydrogen) atoms. The summed E-state index contributed by atoms with van der Waals surface area (Å²) < 4.78 is 0. The van der Waals surface area contributed by atoms with Crippen molar-refractivity contribution in [3.8, 4) is 0 Å². The second-order valence-corrected chi connectivity index (χ2v) is 4.14. The summed E-state index contributed by atoms with van der Waals surface area (Å²) >= 11 is 0. The Hall–Kier alpha value is -0.960. The second kappa shape index (κ2) is 5.81. The van der Waals surface area contributed by atoms with E-state index in [9.17, 15) is 0 Å². The summed E-state index contributed by atoms with van der Waals surface area (Å²) in [4.78, 5) is 9.02. The maximum Gasteiger partial charge on any atom is 0.130 e. The Kier molecular flexibility index (Phi) is 4.69. The molecule has 0 aliphatic heterocycles. The molecule has 3 nitrogen and oxygen atoms in total. The third-order valence-electron chi connectivity index (χ3n) is 2.31. The summed E-state index contributed by atoms with van der Waals surface area (Å²) in [6, 6.07) is 2.12. The molecule has 0 aromatic carbocycles. The van der Waals surface area contributed by atoms with E-state index in [-0.39, 0.29) is 0 Å². The average molecular weight is 207 g/mol. The molecule has 0 aliphatic carbocycles. The van der Waals surface area contributed by atoms with E-state index in [1.54, 1.807) is 0 Å². The van der Waals surface area contributed by atoms with Gasteiger partial charge in [-0.3, -0.25) is 0 Å². The highest BCUT2D eigenvalue weighted by atomic mass is 14.9.